The van der Waals surface area contributed by atoms with E-state index in [1.165, 1.54) is 22.2 Å². The van der Waals surface area contributed by atoms with Crippen LogP contribution in [0.5, 0.6) is 0 Å². The summed E-state index contributed by atoms with van der Waals surface area (Å²) >= 11 is 4.04. The third-order valence-corrected chi connectivity index (χ3v) is 6.43. The molecule has 1 aliphatic rings. The number of thioether (sulfide) groups is 2. The molecule has 0 aromatic heterocycles. The number of hydrogen-bond donors (Lipinski definition) is 1. The molecular weight excluding hydrogens is 312 g/mol. The lowest BCUT2D eigenvalue weighted by Gasteiger charge is -2.16. The highest BCUT2D eigenvalue weighted by Crippen LogP contribution is 2.36. The highest BCUT2D eigenvalue weighted by atomic mass is 32.2. The maximum atomic E-state index is 10.4. The van der Waals surface area contributed by atoms with Gasteiger partial charge in [-0.25, -0.2) is 0 Å². The van der Waals surface area contributed by atoms with Crippen molar-refractivity contribution in [2.45, 2.75) is 30.6 Å². The molecule has 2 nitrogen and oxygen atoms in total. The fourth-order valence-electron chi connectivity index (χ4n) is 2.57. The van der Waals surface area contributed by atoms with Crippen molar-refractivity contribution in [3.05, 3.63) is 42.5 Å². The number of hydrogen-bond acceptors (Lipinski definition) is 3. The van der Waals surface area contributed by atoms with E-state index in [9.17, 15) is 4.79 Å². The molecule has 1 heterocycles. The van der Waals surface area contributed by atoms with Crippen LogP contribution in [-0.2, 0) is 4.79 Å². The summed E-state index contributed by atoms with van der Waals surface area (Å²) in [6.07, 6.45) is 7.47. The van der Waals surface area contributed by atoms with Crippen LogP contribution in [-0.4, -0.2) is 28.3 Å². The van der Waals surface area contributed by atoms with Crippen LogP contribution in [0.1, 0.15) is 25.7 Å². The number of unbranched alkanes of at least 4 members (excludes halogenated alkanes) is 1. The molecular formula is C18H24O2S2. The summed E-state index contributed by atoms with van der Waals surface area (Å²) in [5, 5.41) is 8.60. The van der Waals surface area contributed by atoms with E-state index in [0.717, 1.165) is 31.1 Å². The summed E-state index contributed by atoms with van der Waals surface area (Å²) in [5.41, 5.74) is 0. The van der Waals surface area contributed by atoms with Crippen LogP contribution < -0.4 is 0 Å². The van der Waals surface area contributed by atoms with Crippen molar-refractivity contribution in [3.63, 3.8) is 0 Å². The number of carboxylic acids is 1. The van der Waals surface area contributed by atoms with Crippen LogP contribution in [0.4, 0.5) is 0 Å². The summed E-state index contributed by atoms with van der Waals surface area (Å²) < 4.78 is 0. The van der Waals surface area contributed by atoms with Gasteiger partial charge in [-0.05, 0) is 54.7 Å². The molecule has 120 valence electrons. The minimum Gasteiger partial charge on any atom is -0.481 e. The second-order valence-corrected chi connectivity index (χ2v) is 7.84. The third kappa shape index (κ3) is 6.49. The summed E-state index contributed by atoms with van der Waals surface area (Å²) in [5.74, 6) is 4.61. The van der Waals surface area contributed by atoms with E-state index in [1.54, 1.807) is 0 Å². The number of rotatable bonds is 9. The average Bonchev–Trinajstić information content (AvgIpc) is 2.97. The SMILES string of the molecule is O=C(O)CCC/C=C\C[C@H]1CSC[C@H]1CSc1ccccc1. The van der Waals surface area contributed by atoms with Gasteiger partial charge in [0, 0.05) is 17.1 Å². The minimum absolute atomic E-state index is 0.278. The van der Waals surface area contributed by atoms with E-state index in [-0.39, 0.29) is 6.42 Å². The number of carboxylic acid groups (broad SMARTS) is 1. The van der Waals surface area contributed by atoms with Crippen molar-refractivity contribution >= 4 is 29.5 Å². The Morgan fingerprint density at radius 3 is 2.77 bits per heavy atom. The van der Waals surface area contributed by atoms with Gasteiger partial charge in [-0.2, -0.15) is 11.8 Å². The van der Waals surface area contributed by atoms with Gasteiger partial charge in [-0.1, -0.05) is 30.4 Å². The molecule has 1 fully saturated rings. The third-order valence-electron chi connectivity index (χ3n) is 3.90. The second-order valence-electron chi connectivity index (χ2n) is 5.67. The van der Waals surface area contributed by atoms with E-state index in [1.807, 2.05) is 11.8 Å². The number of carbonyl (C=O) groups is 1. The summed E-state index contributed by atoms with van der Waals surface area (Å²) in [6.45, 7) is 0. The van der Waals surface area contributed by atoms with Crippen molar-refractivity contribution in [1.29, 1.82) is 0 Å². The molecule has 2 rings (SSSR count). The lowest BCUT2D eigenvalue weighted by Crippen LogP contribution is -2.14. The Balaban J connectivity index is 1.67. The molecule has 2 atom stereocenters. The van der Waals surface area contributed by atoms with Gasteiger partial charge in [0.1, 0.15) is 0 Å². The number of benzene rings is 1. The highest BCUT2D eigenvalue weighted by Gasteiger charge is 2.26. The Labute approximate surface area is 141 Å². The van der Waals surface area contributed by atoms with Crippen molar-refractivity contribution in [2.24, 2.45) is 11.8 Å². The standard InChI is InChI=1S/C18H24O2S2/c19-18(20)11-7-2-1-4-8-15-12-21-13-16(15)14-22-17-9-5-3-6-10-17/h1,3-6,9-10,15-16H,2,7-8,11-14H2,(H,19,20)/b4-1-/t15-,16-/m0/s1. The zero-order valence-corrected chi connectivity index (χ0v) is 14.5. The second kappa shape index (κ2) is 10.0. The van der Waals surface area contributed by atoms with Gasteiger partial charge < -0.3 is 5.11 Å². The summed E-state index contributed by atoms with van der Waals surface area (Å²) in [6, 6.07) is 10.6. The predicted octanol–water partition coefficient (Wildman–Crippen LogP) is 4.96. The monoisotopic (exact) mass is 336 g/mol. The molecule has 0 amide bonds. The molecule has 22 heavy (non-hydrogen) atoms. The van der Waals surface area contributed by atoms with Crippen LogP contribution in [0.15, 0.2) is 47.4 Å². The van der Waals surface area contributed by atoms with Crippen LogP contribution >= 0.6 is 23.5 Å². The molecule has 0 radical (unpaired) electrons. The molecule has 0 aliphatic carbocycles. The quantitative estimate of drug-likeness (QED) is 0.393. The first-order valence-electron chi connectivity index (χ1n) is 7.88. The van der Waals surface area contributed by atoms with Crippen LogP contribution in [0.3, 0.4) is 0 Å². The van der Waals surface area contributed by atoms with Gasteiger partial charge in [0.25, 0.3) is 0 Å². The van der Waals surface area contributed by atoms with Crippen molar-refractivity contribution in [3.8, 4) is 0 Å². The van der Waals surface area contributed by atoms with E-state index in [4.69, 9.17) is 5.11 Å². The number of aliphatic carboxylic acids is 1. The molecule has 1 aromatic carbocycles. The summed E-state index contributed by atoms with van der Waals surface area (Å²) in [7, 11) is 0. The first-order chi connectivity index (χ1) is 10.8. The van der Waals surface area contributed by atoms with Crippen molar-refractivity contribution < 1.29 is 9.90 Å². The largest absolute Gasteiger partial charge is 0.481 e. The van der Waals surface area contributed by atoms with Gasteiger partial charge in [-0.3, -0.25) is 4.79 Å². The van der Waals surface area contributed by atoms with Crippen LogP contribution in [0.2, 0.25) is 0 Å². The predicted molar refractivity (Wildman–Crippen MR) is 96.7 cm³/mol. The molecule has 4 heteroatoms. The normalized spacial score (nSPS) is 21.5. The molecule has 0 saturated carbocycles. The molecule has 0 unspecified atom stereocenters. The Morgan fingerprint density at radius 1 is 1.23 bits per heavy atom. The first kappa shape index (κ1) is 17.5. The minimum atomic E-state index is -0.696. The lowest BCUT2D eigenvalue weighted by atomic mass is 9.94. The zero-order chi connectivity index (χ0) is 15.6. The molecule has 1 aliphatic heterocycles. The van der Waals surface area contributed by atoms with E-state index < -0.39 is 5.97 Å². The molecule has 1 aromatic rings. The van der Waals surface area contributed by atoms with Gasteiger partial charge in [0.2, 0.25) is 0 Å². The Hall–Kier alpha value is -0.870. The Kier molecular flexibility index (Phi) is 7.95. The fraction of sp³-hybridized carbons (Fsp3) is 0.500. The van der Waals surface area contributed by atoms with Crippen LogP contribution in [0.25, 0.3) is 0 Å². The smallest absolute Gasteiger partial charge is 0.303 e. The first-order valence-corrected chi connectivity index (χ1v) is 10.0. The van der Waals surface area contributed by atoms with E-state index in [2.05, 4.69) is 54.2 Å². The number of allylic oxidation sites excluding steroid dienone is 2. The zero-order valence-electron chi connectivity index (χ0n) is 12.8. The molecule has 0 spiro atoms. The van der Waals surface area contributed by atoms with E-state index >= 15 is 0 Å². The Morgan fingerprint density at radius 2 is 2.00 bits per heavy atom. The van der Waals surface area contributed by atoms with E-state index in [0.29, 0.717) is 0 Å². The highest BCUT2D eigenvalue weighted by molar-refractivity contribution is 8.00. The average molecular weight is 337 g/mol. The van der Waals surface area contributed by atoms with Crippen molar-refractivity contribution in [2.75, 3.05) is 17.3 Å². The van der Waals surface area contributed by atoms with Crippen LogP contribution in [0, 0.1) is 11.8 Å². The fourth-order valence-corrected chi connectivity index (χ4v) is 5.40. The lowest BCUT2D eigenvalue weighted by molar-refractivity contribution is -0.137. The topological polar surface area (TPSA) is 37.3 Å². The maximum absolute atomic E-state index is 10.4. The van der Waals surface area contributed by atoms with Gasteiger partial charge in [0.05, 0.1) is 0 Å². The summed E-state index contributed by atoms with van der Waals surface area (Å²) in [4.78, 5) is 11.8. The molecule has 0 bridgehead atoms. The van der Waals surface area contributed by atoms with Gasteiger partial charge >= 0.3 is 5.97 Å². The van der Waals surface area contributed by atoms with Gasteiger partial charge in [0.15, 0.2) is 0 Å². The Bertz CT molecular complexity index is 473. The molecule has 1 saturated heterocycles. The van der Waals surface area contributed by atoms with Crippen molar-refractivity contribution in [1.82, 2.24) is 0 Å². The molecule has 1 N–H and O–H groups in total. The maximum Gasteiger partial charge on any atom is 0.303 e. The van der Waals surface area contributed by atoms with Gasteiger partial charge in [-0.15, -0.1) is 11.8 Å².